The van der Waals surface area contributed by atoms with Gasteiger partial charge in [-0.05, 0) is 30.5 Å². The lowest BCUT2D eigenvalue weighted by molar-refractivity contribution is -0.116. The van der Waals surface area contributed by atoms with Crippen LogP contribution in [0.1, 0.15) is 38.7 Å². The van der Waals surface area contributed by atoms with Crippen LogP contribution in [0.4, 0.5) is 5.69 Å². The molecule has 0 heterocycles. The van der Waals surface area contributed by atoms with Crippen LogP contribution in [0.25, 0.3) is 0 Å². The SMILES string of the molecule is CC(C)CCC(=O)Nc1cc(Cl)ccc1C#CCCO. The molecular weight excluding hydrogens is 274 g/mol. The summed E-state index contributed by atoms with van der Waals surface area (Å²) in [7, 11) is 0. The fraction of sp³-hybridized carbons (Fsp3) is 0.438. The van der Waals surface area contributed by atoms with Gasteiger partial charge in [0.2, 0.25) is 5.91 Å². The highest BCUT2D eigenvalue weighted by Gasteiger charge is 2.07. The number of hydrogen-bond acceptors (Lipinski definition) is 2. The van der Waals surface area contributed by atoms with Crippen molar-refractivity contribution < 1.29 is 9.90 Å². The molecule has 0 aromatic heterocycles. The Morgan fingerprint density at radius 2 is 2.20 bits per heavy atom. The Bertz CT molecular complexity index is 515. The zero-order valence-electron chi connectivity index (χ0n) is 11.9. The van der Waals surface area contributed by atoms with Gasteiger partial charge >= 0.3 is 0 Å². The molecule has 0 saturated heterocycles. The van der Waals surface area contributed by atoms with E-state index < -0.39 is 0 Å². The summed E-state index contributed by atoms with van der Waals surface area (Å²) in [6.45, 7) is 4.19. The van der Waals surface area contributed by atoms with Crippen molar-refractivity contribution in [1.29, 1.82) is 0 Å². The highest BCUT2D eigenvalue weighted by molar-refractivity contribution is 6.31. The largest absolute Gasteiger partial charge is 0.395 e. The number of amides is 1. The van der Waals surface area contributed by atoms with E-state index in [0.717, 1.165) is 6.42 Å². The van der Waals surface area contributed by atoms with Gasteiger partial charge in [0.1, 0.15) is 0 Å². The first-order chi connectivity index (χ1) is 9.52. The fourth-order valence-electron chi connectivity index (χ4n) is 1.57. The van der Waals surface area contributed by atoms with Gasteiger partial charge in [-0.1, -0.05) is 37.3 Å². The van der Waals surface area contributed by atoms with Crippen LogP contribution in [0.5, 0.6) is 0 Å². The maximum atomic E-state index is 11.9. The Balaban J connectivity index is 2.79. The number of hydrogen-bond donors (Lipinski definition) is 2. The summed E-state index contributed by atoms with van der Waals surface area (Å²) in [6, 6.07) is 5.19. The first-order valence-corrected chi connectivity index (χ1v) is 7.10. The third-order valence-electron chi connectivity index (χ3n) is 2.66. The molecular formula is C16H20ClNO2. The highest BCUT2D eigenvalue weighted by Crippen LogP contribution is 2.21. The van der Waals surface area contributed by atoms with Crippen LogP contribution in [-0.4, -0.2) is 17.6 Å². The first kappa shape index (κ1) is 16.6. The molecule has 1 aromatic rings. The average Bonchev–Trinajstić information content (AvgIpc) is 2.39. The number of carbonyl (C=O) groups excluding carboxylic acids is 1. The zero-order valence-corrected chi connectivity index (χ0v) is 12.6. The monoisotopic (exact) mass is 293 g/mol. The molecule has 1 amide bonds. The van der Waals surface area contributed by atoms with Gasteiger partial charge in [0, 0.05) is 23.4 Å². The van der Waals surface area contributed by atoms with Gasteiger partial charge in [-0.2, -0.15) is 0 Å². The van der Waals surface area contributed by atoms with E-state index in [4.69, 9.17) is 16.7 Å². The number of carbonyl (C=O) groups is 1. The summed E-state index contributed by atoms with van der Waals surface area (Å²) in [5, 5.41) is 12.1. The Morgan fingerprint density at radius 3 is 2.85 bits per heavy atom. The Morgan fingerprint density at radius 1 is 1.45 bits per heavy atom. The maximum Gasteiger partial charge on any atom is 0.224 e. The second-order valence-electron chi connectivity index (χ2n) is 4.95. The summed E-state index contributed by atoms with van der Waals surface area (Å²) in [5.74, 6) is 6.22. The molecule has 3 nitrogen and oxygen atoms in total. The zero-order chi connectivity index (χ0) is 15.0. The van der Waals surface area contributed by atoms with E-state index in [2.05, 4.69) is 31.0 Å². The van der Waals surface area contributed by atoms with E-state index in [9.17, 15) is 4.79 Å². The summed E-state index contributed by atoms with van der Waals surface area (Å²) in [4.78, 5) is 11.9. The van der Waals surface area contributed by atoms with Crippen LogP contribution in [0.3, 0.4) is 0 Å². The number of nitrogens with one attached hydrogen (secondary N) is 1. The molecule has 1 aromatic carbocycles. The molecule has 0 aliphatic heterocycles. The lowest BCUT2D eigenvalue weighted by Crippen LogP contribution is -2.13. The summed E-state index contributed by atoms with van der Waals surface area (Å²) in [5.41, 5.74) is 1.33. The standard InChI is InChI=1S/C16H20ClNO2/c1-12(2)6-9-16(20)18-15-11-14(17)8-7-13(15)5-3-4-10-19/h7-8,11-12,19H,4,6,9-10H2,1-2H3,(H,18,20). The van der Waals surface area contributed by atoms with Crippen molar-refractivity contribution in [3.8, 4) is 11.8 Å². The number of anilines is 1. The summed E-state index contributed by atoms with van der Waals surface area (Å²) < 4.78 is 0. The molecule has 0 bridgehead atoms. The fourth-order valence-corrected chi connectivity index (χ4v) is 1.75. The minimum absolute atomic E-state index is 0.0245. The van der Waals surface area contributed by atoms with Gasteiger partial charge in [-0.25, -0.2) is 0 Å². The second kappa shape index (κ2) is 8.63. The van der Waals surface area contributed by atoms with E-state index in [1.165, 1.54) is 0 Å². The topological polar surface area (TPSA) is 49.3 Å². The molecule has 0 atom stereocenters. The van der Waals surface area contributed by atoms with Gasteiger partial charge in [-0.3, -0.25) is 4.79 Å². The Hall–Kier alpha value is -1.50. The van der Waals surface area contributed by atoms with Crippen LogP contribution in [-0.2, 0) is 4.79 Å². The van der Waals surface area contributed by atoms with E-state index in [1.54, 1.807) is 18.2 Å². The number of aliphatic hydroxyl groups excluding tert-OH is 1. The summed E-state index contributed by atoms with van der Waals surface area (Å²) in [6.07, 6.45) is 1.73. The van der Waals surface area contributed by atoms with Crippen molar-refractivity contribution in [3.63, 3.8) is 0 Å². The number of benzene rings is 1. The molecule has 4 heteroatoms. The molecule has 0 aliphatic carbocycles. The molecule has 20 heavy (non-hydrogen) atoms. The van der Waals surface area contributed by atoms with E-state index in [-0.39, 0.29) is 12.5 Å². The number of rotatable bonds is 5. The second-order valence-corrected chi connectivity index (χ2v) is 5.38. The third-order valence-corrected chi connectivity index (χ3v) is 2.90. The Kier molecular flexibility index (Phi) is 7.14. The molecule has 0 radical (unpaired) electrons. The van der Waals surface area contributed by atoms with Gasteiger partial charge in [-0.15, -0.1) is 0 Å². The quantitative estimate of drug-likeness (QED) is 0.817. The predicted molar refractivity (Wildman–Crippen MR) is 82.7 cm³/mol. The maximum absolute atomic E-state index is 11.9. The molecule has 0 unspecified atom stereocenters. The van der Waals surface area contributed by atoms with E-state index >= 15 is 0 Å². The normalized spacial score (nSPS) is 10.1. The van der Waals surface area contributed by atoms with Gasteiger partial charge < -0.3 is 10.4 Å². The van der Waals surface area contributed by atoms with Crippen molar-refractivity contribution in [2.75, 3.05) is 11.9 Å². The molecule has 0 fully saturated rings. The van der Waals surface area contributed by atoms with Crippen LogP contribution in [0.2, 0.25) is 5.02 Å². The lowest BCUT2D eigenvalue weighted by atomic mass is 10.1. The highest BCUT2D eigenvalue weighted by atomic mass is 35.5. The average molecular weight is 294 g/mol. The molecule has 2 N–H and O–H groups in total. The minimum atomic E-state index is -0.0359. The summed E-state index contributed by atoms with van der Waals surface area (Å²) >= 11 is 5.95. The van der Waals surface area contributed by atoms with E-state index in [1.807, 2.05) is 0 Å². The van der Waals surface area contributed by atoms with Crippen molar-refractivity contribution in [1.82, 2.24) is 0 Å². The van der Waals surface area contributed by atoms with Crippen LogP contribution < -0.4 is 5.32 Å². The van der Waals surface area contributed by atoms with Crippen LogP contribution >= 0.6 is 11.6 Å². The van der Waals surface area contributed by atoms with Crippen molar-refractivity contribution in [3.05, 3.63) is 28.8 Å². The van der Waals surface area contributed by atoms with Gasteiger partial charge in [0.15, 0.2) is 0 Å². The predicted octanol–water partition coefficient (Wildman–Crippen LogP) is 3.45. The molecule has 0 saturated carbocycles. The lowest BCUT2D eigenvalue weighted by Gasteiger charge is -2.09. The van der Waals surface area contributed by atoms with Gasteiger partial charge in [0.05, 0.1) is 12.3 Å². The smallest absolute Gasteiger partial charge is 0.224 e. The number of halogens is 1. The van der Waals surface area contributed by atoms with Crippen LogP contribution in [0, 0.1) is 17.8 Å². The number of aliphatic hydroxyl groups is 1. The van der Waals surface area contributed by atoms with Crippen molar-refractivity contribution >= 4 is 23.2 Å². The van der Waals surface area contributed by atoms with Crippen LogP contribution in [0.15, 0.2) is 18.2 Å². The molecule has 0 spiro atoms. The molecule has 108 valence electrons. The third kappa shape index (κ3) is 6.10. The van der Waals surface area contributed by atoms with Crippen molar-refractivity contribution in [2.24, 2.45) is 5.92 Å². The Labute approximate surface area is 125 Å². The van der Waals surface area contributed by atoms with Gasteiger partial charge in [0.25, 0.3) is 0 Å². The molecule has 1 rings (SSSR count). The minimum Gasteiger partial charge on any atom is -0.395 e. The van der Waals surface area contributed by atoms with Crippen molar-refractivity contribution in [2.45, 2.75) is 33.1 Å². The first-order valence-electron chi connectivity index (χ1n) is 6.72. The molecule has 0 aliphatic rings. The van der Waals surface area contributed by atoms with E-state index in [0.29, 0.717) is 35.0 Å².